The van der Waals surface area contributed by atoms with Gasteiger partial charge in [-0.3, -0.25) is 0 Å². The van der Waals surface area contributed by atoms with Gasteiger partial charge in [-0.1, -0.05) is 30.3 Å². The van der Waals surface area contributed by atoms with E-state index in [0.717, 1.165) is 41.4 Å². The summed E-state index contributed by atoms with van der Waals surface area (Å²) < 4.78 is 15.8. The van der Waals surface area contributed by atoms with Gasteiger partial charge in [0.2, 0.25) is 0 Å². The van der Waals surface area contributed by atoms with Crippen LogP contribution in [0.2, 0.25) is 0 Å². The van der Waals surface area contributed by atoms with Crippen molar-refractivity contribution in [2.75, 3.05) is 0 Å². The Morgan fingerprint density at radius 2 is 1.95 bits per heavy atom. The first-order chi connectivity index (χ1) is 10.7. The maximum atomic E-state index is 13.7. The maximum absolute atomic E-state index is 13.7. The fourth-order valence-electron chi connectivity index (χ4n) is 3.60. The molecule has 0 amide bonds. The Morgan fingerprint density at radius 1 is 1.14 bits per heavy atom. The van der Waals surface area contributed by atoms with E-state index in [1.165, 1.54) is 11.6 Å². The van der Waals surface area contributed by atoms with Gasteiger partial charge in [-0.15, -0.1) is 0 Å². The molecule has 1 atom stereocenters. The number of aryl methyl sites for hydroxylation is 1. The first-order valence-corrected chi connectivity index (χ1v) is 7.76. The number of benzene rings is 2. The highest BCUT2D eigenvalue weighted by atomic mass is 19.1. The predicted octanol–water partition coefficient (Wildman–Crippen LogP) is 4.20. The molecule has 3 heteroatoms. The van der Waals surface area contributed by atoms with Gasteiger partial charge in [0, 0.05) is 17.4 Å². The van der Waals surface area contributed by atoms with E-state index in [4.69, 9.17) is 0 Å². The van der Waals surface area contributed by atoms with Crippen LogP contribution in [0.4, 0.5) is 4.39 Å². The van der Waals surface area contributed by atoms with Gasteiger partial charge in [0.25, 0.3) is 0 Å². The Kier molecular flexibility index (Phi) is 3.23. The van der Waals surface area contributed by atoms with Gasteiger partial charge in [-0.25, -0.2) is 4.39 Å². The van der Waals surface area contributed by atoms with Crippen LogP contribution in [-0.4, -0.2) is 9.67 Å². The van der Waals surface area contributed by atoms with E-state index in [1.54, 1.807) is 6.07 Å². The standard InChI is InChI=1S/C19H18FNO/c20-14-9-10-17-16(11-14)15-7-4-8-18(22)19(15)21(17)12-13-5-2-1-3-6-13/h1-3,5-6,9-11,18,22H,4,7-8,12H2/t18-/m1/s1. The summed E-state index contributed by atoms with van der Waals surface area (Å²) in [4.78, 5) is 0. The smallest absolute Gasteiger partial charge is 0.123 e. The molecule has 0 spiro atoms. The molecule has 0 saturated heterocycles. The van der Waals surface area contributed by atoms with Crippen LogP contribution in [-0.2, 0) is 13.0 Å². The minimum Gasteiger partial charge on any atom is -0.387 e. The lowest BCUT2D eigenvalue weighted by molar-refractivity contribution is 0.148. The van der Waals surface area contributed by atoms with Gasteiger partial charge in [-0.05, 0) is 48.6 Å². The SMILES string of the molecule is O[C@@H]1CCCc2c1n(Cc1ccccc1)c1ccc(F)cc21. The van der Waals surface area contributed by atoms with E-state index < -0.39 is 6.10 Å². The highest BCUT2D eigenvalue weighted by molar-refractivity contribution is 5.86. The fraction of sp³-hybridized carbons (Fsp3) is 0.263. The van der Waals surface area contributed by atoms with Gasteiger partial charge in [0.1, 0.15) is 5.82 Å². The minimum atomic E-state index is -0.456. The van der Waals surface area contributed by atoms with Crippen molar-refractivity contribution in [3.8, 4) is 0 Å². The van der Waals surface area contributed by atoms with E-state index in [9.17, 15) is 9.50 Å². The summed E-state index contributed by atoms with van der Waals surface area (Å²) in [7, 11) is 0. The number of rotatable bonds is 2. The molecule has 22 heavy (non-hydrogen) atoms. The number of hydrogen-bond acceptors (Lipinski definition) is 1. The molecule has 0 aliphatic heterocycles. The van der Waals surface area contributed by atoms with Gasteiger partial charge >= 0.3 is 0 Å². The second-order valence-corrected chi connectivity index (χ2v) is 6.01. The number of fused-ring (bicyclic) bond motifs is 3. The molecule has 4 rings (SSSR count). The third kappa shape index (κ3) is 2.13. The third-order valence-electron chi connectivity index (χ3n) is 4.58. The van der Waals surface area contributed by atoms with Gasteiger partial charge < -0.3 is 9.67 Å². The summed E-state index contributed by atoms with van der Waals surface area (Å²) in [5, 5.41) is 11.4. The second kappa shape index (κ2) is 5.25. The lowest BCUT2D eigenvalue weighted by atomic mass is 9.93. The molecule has 0 unspecified atom stereocenters. The van der Waals surface area contributed by atoms with Crippen LogP contribution in [0.3, 0.4) is 0 Å². The number of halogens is 1. The van der Waals surface area contributed by atoms with Crippen LogP contribution in [0.1, 0.15) is 35.8 Å². The average Bonchev–Trinajstić information content (AvgIpc) is 2.83. The monoisotopic (exact) mass is 295 g/mol. The fourth-order valence-corrected chi connectivity index (χ4v) is 3.60. The molecule has 1 aromatic heterocycles. The number of nitrogens with zero attached hydrogens (tertiary/aromatic N) is 1. The first-order valence-electron chi connectivity index (χ1n) is 7.76. The van der Waals surface area contributed by atoms with Crippen molar-refractivity contribution in [2.45, 2.75) is 31.9 Å². The molecule has 1 aliphatic rings. The highest BCUT2D eigenvalue weighted by Gasteiger charge is 2.26. The number of aromatic nitrogens is 1. The molecule has 1 heterocycles. The summed E-state index contributed by atoms with van der Waals surface area (Å²) in [6, 6.07) is 15.1. The van der Waals surface area contributed by atoms with Crippen molar-refractivity contribution in [1.82, 2.24) is 4.57 Å². The quantitative estimate of drug-likeness (QED) is 0.753. The Hall–Kier alpha value is -2.13. The largest absolute Gasteiger partial charge is 0.387 e. The lowest BCUT2D eigenvalue weighted by Gasteiger charge is -2.21. The van der Waals surface area contributed by atoms with Gasteiger partial charge in [-0.2, -0.15) is 0 Å². The highest BCUT2D eigenvalue weighted by Crippen LogP contribution is 2.38. The number of aliphatic hydroxyl groups is 1. The molecule has 0 bridgehead atoms. The Balaban J connectivity index is 1.94. The number of aliphatic hydroxyl groups excluding tert-OH is 1. The van der Waals surface area contributed by atoms with Crippen LogP contribution < -0.4 is 0 Å². The van der Waals surface area contributed by atoms with Crippen molar-refractivity contribution in [1.29, 1.82) is 0 Å². The maximum Gasteiger partial charge on any atom is 0.123 e. The Bertz CT molecular complexity index is 822. The zero-order chi connectivity index (χ0) is 15.1. The summed E-state index contributed by atoms with van der Waals surface area (Å²) in [6.45, 7) is 0.704. The van der Waals surface area contributed by atoms with Crippen LogP contribution >= 0.6 is 0 Å². The van der Waals surface area contributed by atoms with E-state index in [1.807, 2.05) is 24.3 Å². The summed E-state index contributed by atoms with van der Waals surface area (Å²) >= 11 is 0. The molecular formula is C19H18FNO. The molecule has 0 saturated carbocycles. The molecule has 1 aliphatic carbocycles. The molecule has 1 N–H and O–H groups in total. The molecule has 112 valence electrons. The Morgan fingerprint density at radius 3 is 2.77 bits per heavy atom. The first kappa shape index (κ1) is 13.5. The van der Waals surface area contributed by atoms with Crippen molar-refractivity contribution in [2.24, 2.45) is 0 Å². The summed E-state index contributed by atoms with van der Waals surface area (Å²) in [5.41, 5.74) is 4.28. The minimum absolute atomic E-state index is 0.216. The predicted molar refractivity (Wildman–Crippen MR) is 85.3 cm³/mol. The Labute approximate surface area is 128 Å². The molecule has 2 nitrogen and oxygen atoms in total. The molecule has 2 aromatic carbocycles. The van der Waals surface area contributed by atoms with Crippen molar-refractivity contribution in [3.05, 3.63) is 71.2 Å². The van der Waals surface area contributed by atoms with E-state index in [0.29, 0.717) is 6.54 Å². The zero-order valence-corrected chi connectivity index (χ0v) is 12.3. The topological polar surface area (TPSA) is 25.2 Å². The van der Waals surface area contributed by atoms with Crippen LogP contribution in [0.15, 0.2) is 48.5 Å². The van der Waals surface area contributed by atoms with Gasteiger partial charge in [0.15, 0.2) is 0 Å². The molecule has 0 radical (unpaired) electrons. The van der Waals surface area contributed by atoms with E-state index in [-0.39, 0.29) is 5.82 Å². The van der Waals surface area contributed by atoms with Crippen molar-refractivity contribution < 1.29 is 9.50 Å². The molecule has 0 fully saturated rings. The number of hydrogen-bond donors (Lipinski definition) is 1. The normalized spacial score (nSPS) is 17.6. The molecule has 3 aromatic rings. The average molecular weight is 295 g/mol. The van der Waals surface area contributed by atoms with E-state index in [2.05, 4.69) is 16.7 Å². The lowest BCUT2D eigenvalue weighted by Crippen LogP contribution is -2.14. The van der Waals surface area contributed by atoms with Crippen molar-refractivity contribution in [3.63, 3.8) is 0 Å². The summed E-state index contributed by atoms with van der Waals surface area (Å²) in [5.74, 6) is -0.216. The van der Waals surface area contributed by atoms with E-state index >= 15 is 0 Å². The second-order valence-electron chi connectivity index (χ2n) is 6.01. The van der Waals surface area contributed by atoms with Crippen LogP contribution in [0, 0.1) is 5.82 Å². The molecular weight excluding hydrogens is 277 g/mol. The van der Waals surface area contributed by atoms with Crippen LogP contribution in [0.5, 0.6) is 0 Å². The van der Waals surface area contributed by atoms with Crippen molar-refractivity contribution >= 4 is 10.9 Å². The van der Waals surface area contributed by atoms with Crippen LogP contribution in [0.25, 0.3) is 10.9 Å². The van der Waals surface area contributed by atoms with Gasteiger partial charge in [0.05, 0.1) is 11.8 Å². The zero-order valence-electron chi connectivity index (χ0n) is 12.3. The third-order valence-corrected chi connectivity index (χ3v) is 4.58. The summed E-state index contributed by atoms with van der Waals surface area (Å²) in [6.07, 6.45) is 2.19.